The highest BCUT2D eigenvalue weighted by atomic mass is 19.4. The minimum atomic E-state index is -4.41. The average Bonchev–Trinajstić information content (AvgIpc) is 2.77. The van der Waals surface area contributed by atoms with E-state index in [4.69, 9.17) is 10.3 Å². The van der Waals surface area contributed by atoms with Crippen LogP contribution in [0.2, 0.25) is 0 Å². The second kappa shape index (κ2) is 4.34. The van der Waals surface area contributed by atoms with Crippen molar-refractivity contribution in [3.05, 3.63) is 35.7 Å². The van der Waals surface area contributed by atoms with E-state index in [0.29, 0.717) is 0 Å². The van der Waals surface area contributed by atoms with Gasteiger partial charge in [0, 0.05) is 5.56 Å². The molecule has 0 fully saturated rings. The van der Waals surface area contributed by atoms with Crippen molar-refractivity contribution in [2.45, 2.75) is 25.6 Å². The van der Waals surface area contributed by atoms with Crippen LogP contribution in [0.1, 0.15) is 25.2 Å². The number of hydrogen-bond acceptors (Lipinski definition) is 4. The molecule has 0 spiro atoms. The summed E-state index contributed by atoms with van der Waals surface area (Å²) in [6.07, 6.45) is -4.41. The van der Waals surface area contributed by atoms with Gasteiger partial charge in [0.2, 0.25) is 0 Å². The van der Waals surface area contributed by atoms with Crippen molar-refractivity contribution < 1.29 is 17.7 Å². The molecule has 1 heterocycles. The first-order valence-electron chi connectivity index (χ1n) is 5.48. The summed E-state index contributed by atoms with van der Waals surface area (Å²) in [5.41, 5.74) is 4.41. The van der Waals surface area contributed by atoms with Gasteiger partial charge in [-0.05, 0) is 32.0 Å². The van der Waals surface area contributed by atoms with Gasteiger partial charge in [-0.3, -0.25) is 0 Å². The molecule has 0 amide bonds. The van der Waals surface area contributed by atoms with E-state index >= 15 is 0 Å². The van der Waals surface area contributed by atoms with Crippen molar-refractivity contribution in [1.82, 2.24) is 10.1 Å². The number of nitrogens with zero attached hydrogens (tertiary/aromatic N) is 2. The number of benzene rings is 1. The van der Waals surface area contributed by atoms with Crippen LogP contribution in [0.15, 0.2) is 28.8 Å². The van der Waals surface area contributed by atoms with E-state index in [-0.39, 0.29) is 17.3 Å². The third-order valence-corrected chi connectivity index (χ3v) is 2.44. The predicted octanol–water partition coefficient (Wildman–Crippen LogP) is 2.95. The van der Waals surface area contributed by atoms with Gasteiger partial charge < -0.3 is 10.3 Å². The summed E-state index contributed by atoms with van der Waals surface area (Å²) >= 11 is 0. The van der Waals surface area contributed by atoms with Crippen LogP contribution in [0, 0.1) is 0 Å². The summed E-state index contributed by atoms with van der Waals surface area (Å²) in [5, 5.41) is 3.66. The van der Waals surface area contributed by atoms with Gasteiger partial charge in [-0.15, -0.1) is 0 Å². The number of alkyl halides is 3. The number of hydrogen-bond donors (Lipinski definition) is 1. The first kappa shape index (κ1) is 13.5. The zero-order valence-corrected chi connectivity index (χ0v) is 10.3. The highest BCUT2D eigenvalue weighted by Crippen LogP contribution is 2.32. The van der Waals surface area contributed by atoms with E-state index in [9.17, 15) is 13.2 Å². The lowest BCUT2D eigenvalue weighted by Gasteiger charge is -2.11. The fourth-order valence-corrected chi connectivity index (χ4v) is 1.43. The van der Waals surface area contributed by atoms with Crippen LogP contribution in [0.5, 0.6) is 0 Å². The first-order chi connectivity index (χ1) is 8.68. The van der Waals surface area contributed by atoms with E-state index in [0.717, 1.165) is 12.1 Å². The van der Waals surface area contributed by atoms with Gasteiger partial charge >= 0.3 is 6.18 Å². The van der Waals surface area contributed by atoms with E-state index in [1.54, 1.807) is 13.8 Å². The molecule has 0 unspecified atom stereocenters. The Morgan fingerprint density at radius 3 is 2.42 bits per heavy atom. The molecule has 7 heteroatoms. The molecule has 0 aliphatic heterocycles. The number of rotatable bonds is 2. The van der Waals surface area contributed by atoms with E-state index in [1.165, 1.54) is 12.1 Å². The molecule has 4 nitrogen and oxygen atoms in total. The Hall–Kier alpha value is -1.89. The molecule has 2 rings (SSSR count). The van der Waals surface area contributed by atoms with E-state index in [2.05, 4.69) is 10.1 Å². The van der Waals surface area contributed by atoms with Crippen LogP contribution in [0.25, 0.3) is 11.5 Å². The smallest absolute Gasteiger partial charge is 0.334 e. The number of nitrogens with two attached hydrogens (primary N) is 1. The molecule has 102 valence electrons. The van der Waals surface area contributed by atoms with Crippen molar-refractivity contribution in [2.24, 2.45) is 5.73 Å². The second-order valence-electron chi connectivity index (χ2n) is 4.72. The van der Waals surface area contributed by atoms with E-state index in [1.807, 2.05) is 0 Å². The van der Waals surface area contributed by atoms with Crippen LogP contribution >= 0.6 is 0 Å². The first-order valence-corrected chi connectivity index (χ1v) is 5.48. The van der Waals surface area contributed by atoms with Gasteiger partial charge in [0.05, 0.1) is 11.1 Å². The molecular formula is C12H12F3N3O. The molecule has 0 radical (unpaired) electrons. The Morgan fingerprint density at radius 1 is 1.21 bits per heavy atom. The lowest BCUT2D eigenvalue weighted by atomic mass is 10.1. The maximum absolute atomic E-state index is 12.6. The van der Waals surface area contributed by atoms with Gasteiger partial charge in [-0.25, -0.2) is 0 Å². The zero-order chi connectivity index (χ0) is 14.3. The molecule has 19 heavy (non-hydrogen) atoms. The third kappa shape index (κ3) is 2.93. The van der Waals surface area contributed by atoms with Crippen molar-refractivity contribution in [3.8, 4) is 11.5 Å². The molecule has 1 aromatic carbocycles. The largest absolute Gasteiger partial charge is 0.416 e. The SMILES string of the molecule is CC(C)(N)c1noc(-c2cccc(C(F)(F)F)c2)n1. The fourth-order valence-electron chi connectivity index (χ4n) is 1.43. The Labute approximate surface area is 107 Å². The van der Waals surface area contributed by atoms with Crippen molar-refractivity contribution in [2.75, 3.05) is 0 Å². The lowest BCUT2D eigenvalue weighted by Crippen LogP contribution is -2.30. The van der Waals surface area contributed by atoms with Crippen LogP contribution in [0.4, 0.5) is 13.2 Å². The maximum atomic E-state index is 12.6. The molecular weight excluding hydrogens is 259 g/mol. The van der Waals surface area contributed by atoms with Gasteiger partial charge in [0.25, 0.3) is 5.89 Å². The Balaban J connectivity index is 2.40. The van der Waals surface area contributed by atoms with Crippen LogP contribution < -0.4 is 5.73 Å². The van der Waals surface area contributed by atoms with Gasteiger partial charge in [-0.1, -0.05) is 11.2 Å². The van der Waals surface area contributed by atoms with Crippen LogP contribution in [-0.2, 0) is 11.7 Å². The minimum Gasteiger partial charge on any atom is -0.334 e. The summed E-state index contributed by atoms with van der Waals surface area (Å²) in [4.78, 5) is 4.00. The monoisotopic (exact) mass is 271 g/mol. The Bertz CT molecular complexity index is 584. The van der Waals surface area contributed by atoms with Crippen molar-refractivity contribution in [1.29, 1.82) is 0 Å². The minimum absolute atomic E-state index is 0.0135. The maximum Gasteiger partial charge on any atom is 0.416 e. The molecule has 1 aromatic heterocycles. The molecule has 0 saturated carbocycles. The number of aromatic nitrogens is 2. The molecule has 2 aromatic rings. The number of halogens is 3. The van der Waals surface area contributed by atoms with E-state index < -0.39 is 17.3 Å². The van der Waals surface area contributed by atoms with Crippen molar-refractivity contribution in [3.63, 3.8) is 0 Å². The zero-order valence-electron chi connectivity index (χ0n) is 10.3. The average molecular weight is 271 g/mol. The molecule has 0 bridgehead atoms. The summed E-state index contributed by atoms with van der Waals surface area (Å²) in [5.74, 6) is 0.250. The quantitative estimate of drug-likeness (QED) is 0.912. The highest BCUT2D eigenvalue weighted by Gasteiger charge is 2.31. The summed E-state index contributed by atoms with van der Waals surface area (Å²) in [6.45, 7) is 3.35. The van der Waals surface area contributed by atoms with Gasteiger partial charge in [0.15, 0.2) is 5.82 Å². The molecule has 2 N–H and O–H groups in total. The summed E-state index contributed by atoms with van der Waals surface area (Å²) in [7, 11) is 0. The van der Waals surface area contributed by atoms with Crippen molar-refractivity contribution >= 4 is 0 Å². The van der Waals surface area contributed by atoms with Crippen LogP contribution in [-0.4, -0.2) is 10.1 Å². The molecule has 0 aliphatic rings. The molecule has 0 saturated heterocycles. The Morgan fingerprint density at radius 2 is 1.89 bits per heavy atom. The summed E-state index contributed by atoms with van der Waals surface area (Å²) < 4.78 is 42.7. The third-order valence-electron chi connectivity index (χ3n) is 2.44. The lowest BCUT2D eigenvalue weighted by molar-refractivity contribution is -0.137. The standard InChI is InChI=1S/C12H12F3N3O/c1-11(2,16)10-17-9(19-18-10)7-4-3-5-8(6-7)12(13,14)15/h3-6H,16H2,1-2H3. The Kier molecular flexibility index (Phi) is 3.09. The molecule has 0 aliphatic carbocycles. The normalized spacial score (nSPS) is 12.7. The second-order valence-corrected chi connectivity index (χ2v) is 4.72. The predicted molar refractivity (Wildman–Crippen MR) is 61.9 cm³/mol. The van der Waals surface area contributed by atoms with Crippen LogP contribution in [0.3, 0.4) is 0 Å². The topological polar surface area (TPSA) is 64.9 Å². The van der Waals surface area contributed by atoms with Gasteiger partial charge in [0.1, 0.15) is 0 Å². The molecule has 0 atom stereocenters. The fraction of sp³-hybridized carbons (Fsp3) is 0.333. The van der Waals surface area contributed by atoms with Gasteiger partial charge in [-0.2, -0.15) is 18.2 Å². The highest BCUT2D eigenvalue weighted by molar-refractivity contribution is 5.54. The summed E-state index contributed by atoms with van der Waals surface area (Å²) in [6, 6.07) is 4.69.